The lowest BCUT2D eigenvalue weighted by Gasteiger charge is -2.44. The van der Waals surface area contributed by atoms with Crippen molar-refractivity contribution in [2.24, 2.45) is 0 Å². The third-order valence-corrected chi connectivity index (χ3v) is 5.33. The molecule has 0 saturated carbocycles. The molecule has 8 nitrogen and oxygen atoms in total. The van der Waals surface area contributed by atoms with E-state index in [1.807, 2.05) is 36.2 Å². The number of fused-ring (bicyclic) bond motifs is 2. The van der Waals surface area contributed by atoms with E-state index in [4.69, 9.17) is 15.0 Å². The van der Waals surface area contributed by atoms with Crippen LogP contribution in [0.4, 0.5) is 5.95 Å². The number of rotatable bonds is 2. The van der Waals surface area contributed by atoms with Crippen LogP contribution in [0, 0.1) is 11.3 Å². The maximum atomic E-state index is 12.7. The molecule has 0 unspecified atom stereocenters. The Kier molecular flexibility index (Phi) is 4.32. The molecule has 4 rings (SSSR count). The number of ether oxygens (including phenoxy) is 1. The maximum absolute atomic E-state index is 12.7. The minimum Gasteiger partial charge on any atom is -0.368 e. The number of amides is 1. The minimum atomic E-state index is -0.453. The van der Waals surface area contributed by atoms with Crippen molar-refractivity contribution in [3.63, 3.8) is 0 Å². The number of anilines is 1. The molecule has 2 aromatic heterocycles. The van der Waals surface area contributed by atoms with E-state index in [9.17, 15) is 4.79 Å². The fraction of sp³-hybridized carbons (Fsp3) is 0.474. The fourth-order valence-corrected chi connectivity index (χ4v) is 3.82. The van der Waals surface area contributed by atoms with Gasteiger partial charge in [0.1, 0.15) is 17.4 Å². The fourth-order valence-electron chi connectivity index (χ4n) is 3.82. The van der Waals surface area contributed by atoms with Crippen LogP contribution in [0.15, 0.2) is 18.5 Å². The Morgan fingerprint density at radius 3 is 2.85 bits per heavy atom. The number of carbonyl (C=O) groups is 1. The lowest BCUT2D eigenvalue weighted by molar-refractivity contribution is -0.0967. The first-order chi connectivity index (χ1) is 13.0. The number of H-pyrrole nitrogens is 1. The van der Waals surface area contributed by atoms with Crippen molar-refractivity contribution >= 4 is 11.9 Å². The Labute approximate surface area is 157 Å². The number of likely N-dealkylation sites (tertiary alicyclic amines) is 1. The number of carbonyl (C=O) groups excluding carboxylic acids is 1. The van der Waals surface area contributed by atoms with Gasteiger partial charge in [-0.2, -0.15) is 5.26 Å². The van der Waals surface area contributed by atoms with E-state index >= 15 is 0 Å². The van der Waals surface area contributed by atoms with Crippen LogP contribution in [-0.2, 0) is 16.8 Å². The summed E-state index contributed by atoms with van der Waals surface area (Å²) in [4.78, 5) is 28.5. The predicted octanol–water partition coefficient (Wildman–Crippen LogP) is 1.45. The Bertz CT molecular complexity index is 905. The molecule has 0 aliphatic carbocycles. The molecule has 0 bridgehead atoms. The molecule has 1 N–H and O–H groups in total. The van der Waals surface area contributed by atoms with Crippen molar-refractivity contribution in [2.75, 3.05) is 38.7 Å². The molecule has 1 amide bonds. The first-order valence-corrected chi connectivity index (χ1v) is 9.08. The van der Waals surface area contributed by atoms with Crippen LogP contribution in [0.25, 0.3) is 0 Å². The molecule has 4 heterocycles. The molecule has 0 atom stereocenters. The molecular weight excluding hydrogens is 344 g/mol. The van der Waals surface area contributed by atoms with Gasteiger partial charge in [-0.05, 0) is 30.9 Å². The van der Waals surface area contributed by atoms with Gasteiger partial charge in [0.05, 0.1) is 17.9 Å². The molecule has 1 saturated heterocycles. The average Bonchev–Trinajstić information content (AvgIpc) is 3.17. The van der Waals surface area contributed by atoms with Gasteiger partial charge in [-0.3, -0.25) is 4.79 Å². The van der Waals surface area contributed by atoms with Gasteiger partial charge in [0.15, 0.2) is 0 Å². The molecule has 1 spiro atoms. The van der Waals surface area contributed by atoms with Crippen LogP contribution < -0.4 is 4.90 Å². The number of nitrogens with zero attached hydrogens (tertiary/aromatic N) is 5. The van der Waals surface area contributed by atoms with E-state index < -0.39 is 5.60 Å². The van der Waals surface area contributed by atoms with Gasteiger partial charge in [0, 0.05) is 39.6 Å². The SMILES string of the molecule is CN(C)c1ncc2c(n1)C1(CCN(C(=O)c3cc(C#N)c[nH]3)CC1)OCC2. The monoisotopic (exact) mass is 366 g/mol. The van der Waals surface area contributed by atoms with E-state index in [-0.39, 0.29) is 5.91 Å². The van der Waals surface area contributed by atoms with Gasteiger partial charge in [0.25, 0.3) is 5.91 Å². The molecule has 2 aliphatic rings. The van der Waals surface area contributed by atoms with Gasteiger partial charge in [-0.25, -0.2) is 9.97 Å². The number of hydrogen-bond acceptors (Lipinski definition) is 6. The highest BCUT2D eigenvalue weighted by molar-refractivity contribution is 5.93. The number of nitrogens with one attached hydrogen (secondary N) is 1. The second-order valence-corrected chi connectivity index (χ2v) is 7.24. The van der Waals surface area contributed by atoms with Crippen LogP contribution in [0.5, 0.6) is 0 Å². The molecule has 8 heteroatoms. The van der Waals surface area contributed by atoms with Crippen molar-refractivity contribution in [3.8, 4) is 6.07 Å². The second kappa shape index (κ2) is 6.67. The summed E-state index contributed by atoms with van der Waals surface area (Å²) in [7, 11) is 3.84. The van der Waals surface area contributed by atoms with Crippen molar-refractivity contribution in [3.05, 3.63) is 41.0 Å². The Morgan fingerprint density at radius 2 is 2.19 bits per heavy atom. The lowest BCUT2D eigenvalue weighted by atomic mass is 9.83. The average molecular weight is 366 g/mol. The molecule has 2 aliphatic heterocycles. The van der Waals surface area contributed by atoms with Crippen LogP contribution in [0.2, 0.25) is 0 Å². The predicted molar refractivity (Wildman–Crippen MR) is 98.3 cm³/mol. The molecule has 1 fully saturated rings. The van der Waals surface area contributed by atoms with Crippen LogP contribution in [-0.4, -0.2) is 59.6 Å². The van der Waals surface area contributed by atoms with Crippen molar-refractivity contribution < 1.29 is 9.53 Å². The molecule has 0 aromatic carbocycles. The topological polar surface area (TPSA) is 98.1 Å². The van der Waals surface area contributed by atoms with Gasteiger partial charge < -0.3 is 19.5 Å². The molecule has 140 valence electrons. The Balaban J connectivity index is 1.55. The first-order valence-electron chi connectivity index (χ1n) is 9.08. The zero-order valence-corrected chi connectivity index (χ0v) is 15.5. The number of piperidine rings is 1. The van der Waals surface area contributed by atoms with Crippen molar-refractivity contribution in [1.29, 1.82) is 5.26 Å². The highest BCUT2D eigenvalue weighted by Crippen LogP contribution is 2.40. The third kappa shape index (κ3) is 3.04. The maximum Gasteiger partial charge on any atom is 0.270 e. The summed E-state index contributed by atoms with van der Waals surface area (Å²) < 4.78 is 6.23. The number of nitriles is 1. The summed E-state index contributed by atoms with van der Waals surface area (Å²) >= 11 is 0. The summed E-state index contributed by atoms with van der Waals surface area (Å²) in [5.41, 5.74) is 2.56. The number of hydrogen-bond donors (Lipinski definition) is 1. The van der Waals surface area contributed by atoms with Crippen LogP contribution in [0.3, 0.4) is 0 Å². The molecule has 0 radical (unpaired) electrons. The van der Waals surface area contributed by atoms with Crippen molar-refractivity contribution in [2.45, 2.75) is 24.9 Å². The van der Waals surface area contributed by atoms with Gasteiger partial charge in [0.2, 0.25) is 5.95 Å². The van der Waals surface area contributed by atoms with E-state index in [0.29, 0.717) is 49.7 Å². The second-order valence-electron chi connectivity index (χ2n) is 7.24. The Hall–Kier alpha value is -2.92. The standard InChI is InChI=1S/C19H22N6O2/c1-24(2)18-22-12-14-3-8-27-19(16(14)23-18)4-6-25(7-5-19)17(26)15-9-13(10-20)11-21-15/h9,11-12,21H,3-8H2,1-2H3. The zero-order valence-electron chi connectivity index (χ0n) is 15.5. The van der Waals surface area contributed by atoms with E-state index in [2.05, 4.69) is 9.97 Å². The minimum absolute atomic E-state index is 0.0842. The first kappa shape index (κ1) is 17.5. The number of aromatic nitrogens is 3. The summed E-state index contributed by atoms with van der Waals surface area (Å²) in [5, 5.41) is 8.94. The van der Waals surface area contributed by atoms with Gasteiger partial charge >= 0.3 is 0 Å². The number of aromatic amines is 1. The van der Waals surface area contributed by atoms with Crippen molar-refractivity contribution in [1.82, 2.24) is 19.9 Å². The van der Waals surface area contributed by atoms with Gasteiger partial charge in [-0.15, -0.1) is 0 Å². The third-order valence-electron chi connectivity index (χ3n) is 5.33. The van der Waals surface area contributed by atoms with E-state index in [0.717, 1.165) is 17.7 Å². The lowest BCUT2D eigenvalue weighted by Crippen LogP contribution is -2.49. The largest absolute Gasteiger partial charge is 0.368 e. The van der Waals surface area contributed by atoms with E-state index in [1.54, 1.807) is 12.3 Å². The Morgan fingerprint density at radius 1 is 1.41 bits per heavy atom. The summed E-state index contributed by atoms with van der Waals surface area (Å²) in [6.07, 6.45) is 5.66. The molecular formula is C19H22N6O2. The van der Waals surface area contributed by atoms with Crippen LogP contribution >= 0.6 is 0 Å². The van der Waals surface area contributed by atoms with Crippen LogP contribution in [0.1, 0.15) is 40.2 Å². The molecule has 27 heavy (non-hydrogen) atoms. The highest BCUT2D eigenvalue weighted by Gasteiger charge is 2.43. The molecule has 2 aromatic rings. The summed E-state index contributed by atoms with van der Waals surface area (Å²) in [5.74, 6) is 0.589. The van der Waals surface area contributed by atoms with Gasteiger partial charge in [-0.1, -0.05) is 0 Å². The summed E-state index contributed by atoms with van der Waals surface area (Å²) in [6, 6.07) is 3.63. The highest BCUT2D eigenvalue weighted by atomic mass is 16.5. The zero-order chi connectivity index (χ0) is 19.0. The summed E-state index contributed by atoms with van der Waals surface area (Å²) in [6.45, 7) is 1.81. The smallest absolute Gasteiger partial charge is 0.270 e. The van der Waals surface area contributed by atoms with E-state index in [1.165, 1.54) is 0 Å². The quantitative estimate of drug-likeness (QED) is 0.864. The normalized spacial score (nSPS) is 18.0.